The molecule has 0 aromatic heterocycles. The van der Waals surface area contributed by atoms with Crippen molar-refractivity contribution in [3.63, 3.8) is 0 Å². The van der Waals surface area contributed by atoms with Gasteiger partial charge in [0.2, 0.25) is 0 Å². The summed E-state index contributed by atoms with van der Waals surface area (Å²) in [5, 5.41) is 0.612. The van der Waals surface area contributed by atoms with Gasteiger partial charge in [-0.1, -0.05) is 29.8 Å². The number of carbonyl (C=O) groups excluding carboxylic acids is 1. The molecule has 2 fully saturated rings. The number of hydrogen-bond donors (Lipinski definition) is 0. The zero-order valence-electron chi connectivity index (χ0n) is 15.7. The van der Waals surface area contributed by atoms with E-state index in [9.17, 15) is 4.79 Å². The third-order valence-corrected chi connectivity index (χ3v) is 5.14. The molecule has 0 radical (unpaired) electrons. The molecule has 0 spiro atoms. The first-order valence-corrected chi connectivity index (χ1v) is 9.68. The molecule has 0 N–H and O–H groups in total. The van der Waals surface area contributed by atoms with Crippen LogP contribution in [0.25, 0.3) is 0 Å². The Morgan fingerprint density at radius 1 is 1.26 bits per heavy atom. The molecule has 0 unspecified atom stereocenters. The van der Waals surface area contributed by atoms with Gasteiger partial charge in [0.05, 0.1) is 6.61 Å². The Balaban J connectivity index is 1.80. The predicted octanol–water partition coefficient (Wildman–Crippen LogP) is 3.66. The maximum atomic E-state index is 11.7. The molecule has 0 bridgehead atoms. The number of benzene rings is 1. The third kappa shape index (κ3) is 4.58. The van der Waals surface area contributed by atoms with Crippen molar-refractivity contribution in [2.24, 2.45) is 0 Å². The molecule has 27 heavy (non-hydrogen) atoms. The van der Waals surface area contributed by atoms with E-state index in [1.54, 1.807) is 19.9 Å². The summed E-state index contributed by atoms with van der Waals surface area (Å²) in [6.07, 6.45) is -2.19. The summed E-state index contributed by atoms with van der Waals surface area (Å²) in [5.41, 5.74) is -0.145. The number of fused-ring (bicyclic) bond motifs is 1. The van der Waals surface area contributed by atoms with E-state index in [0.717, 1.165) is 5.56 Å². The molecule has 0 aliphatic carbocycles. The van der Waals surface area contributed by atoms with E-state index < -0.39 is 42.0 Å². The summed E-state index contributed by atoms with van der Waals surface area (Å²) < 4.78 is 29.5. The molecule has 1 aromatic rings. The highest BCUT2D eigenvalue weighted by atomic mass is 35.5. The maximum Gasteiger partial charge on any atom is 0.321 e. The summed E-state index contributed by atoms with van der Waals surface area (Å²) in [6.45, 7) is 7.39. The summed E-state index contributed by atoms with van der Waals surface area (Å²) in [6, 6.07) is 7.43. The Labute approximate surface area is 168 Å². The monoisotopic (exact) mass is 418 g/mol. The van der Waals surface area contributed by atoms with Gasteiger partial charge < -0.3 is 23.7 Å². The van der Waals surface area contributed by atoms with E-state index in [-0.39, 0.29) is 12.5 Å². The van der Waals surface area contributed by atoms with Gasteiger partial charge in [0.15, 0.2) is 12.1 Å². The Hall–Kier alpha value is -0.890. The van der Waals surface area contributed by atoms with E-state index in [1.165, 1.54) is 0 Å². The van der Waals surface area contributed by atoms with Crippen molar-refractivity contribution >= 4 is 29.2 Å². The fraction of sp³-hybridized carbons (Fsp3) is 0.632. The zero-order valence-corrected chi connectivity index (χ0v) is 17.3. The fourth-order valence-corrected chi connectivity index (χ4v) is 3.65. The van der Waals surface area contributed by atoms with E-state index in [4.69, 9.17) is 46.9 Å². The molecule has 2 aliphatic rings. The Kier molecular flexibility index (Phi) is 6.06. The van der Waals surface area contributed by atoms with Gasteiger partial charge in [-0.15, -0.1) is 11.6 Å². The average Bonchev–Trinajstić information content (AvgIpc) is 3.06. The molecule has 1 aromatic carbocycles. The van der Waals surface area contributed by atoms with Gasteiger partial charge in [0.1, 0.15) is 29.8 Å². The van der Waals surface area contributed by atoms with Crippen LogP contribution < -0.4 is 0 Å². The zero-order chi connectivity index (χ0) is 19.8. The standard InChI is InChI=1S/C19H24Cl2O6/c1-18(2,25-13(22)9-20)16-14(15-17(24-16)27-19(3,4)26-15)23-10-11-7-5-6-8-12(11)21/h5-8,14-17H,9-10H2,1-4H3/t14-,15-,16+,17-/m1/s1. The van der Waals surface area contributed by atoms with Crippen molar-refractivity contribution in [2.75, 3.05) is 5.88 Å². The highest BCUT2D eigenvalue weighted by Gasteiger charge is 2.59. The number of halogens is 2. The lowest BCUT2D eigenvalue weighted by Crippen LogP contribution is -2.50. The van der Waals surface area contributed by atoms with Crippen LogP contribution in [0, 0.1) is 0 Å². The van der Waals surface area contributed by atoms with Gasteiger partial charge in [-0.3, -0.25) is 4.79 Å². The molecule has 0 amide bonds. The van der Waals surface area contributed by atoms with Crippen molar-refractivity contribution in [1.29, 1.82) is 0 Å². The highest BCUT2D eigenvalue weighted by Crippen LogP contribution is 2.43. The first-order valence-electron chi connectivity index (χ1n) is 8.77. The molecule has 4 atom stereocenters. The number of ether oxygens (including phenoxy) is 5. The van der Waals surface area contributed by atoms with Crippen LogP contribution in [0.1, 0.15) is 33.3 Å². The predicted molar refractivity (Wildman–Crippen MR) is 99.6 cm³/mol. The number of hydrogen-bond acceptors (Lipinski definition) is 6. The minimum absolute atomic E-state index is 0.242. The largest absolute Gasteiger partial charge is 0.456 e. The first-order chi connectivity index (χ1) is 12.6. The van der Waals surface area contributed by atoms with Crippen molar-refractivity contribution < 1.29 is 28.5 Å². The number of alkyl halides is 1. The van der Waals surface area contributed by atoms with E-state index in [2.05, 4.69) is 0 Å². The number of esters is 1. The van der Waals surface area contributed by atoms with Crippen LogP contribution in [0.5, 0.6) is 0 Å². The van der Waals surface area contributed by atoms with Crippen molar-refractivity contribution in [3.05, 3.63) is 34.9 Å². The normalized spacial score (nSPS) is 29.6. The van der Waals surface area contributed by atoms with Gasteiger partial charge in [-0.2, -0.15) is 0 Å². The smallest absolute Gasteiger partial charge is 0.321 e. The molecule has 8 heteroatoms. The van der Waals surface area contributed by atoms with Crippen LogP contribution in [0.3, 0.4) is 0 Å². The van der Waals surface area contributed by atoms with Crippen LogP contribution >= 0.6 is 23.2 Å². The molecule has 2 saturated heterocycles. The van der Waals surface area contributed by atoms with Crippen LogP contribution in [0.2, 0.25) is 5.02 Å². The van der Waals surface area contributed by atoms with Gasteiger partial charge in [0.25, 0.3) is 0 Å². The van der Waals surface area contributed by atoms with Crippen LogP contribution in [-0.4, -0.2) is 47.8 Å². The van der Waals surface area contributed by atoms with Gasteiger partial charge >= 0.3 is 5.97 Å². The van der Waals surface area contributed by atoms with E-state index in [1.807, 2.05) is 32.0 Å². The summed E-state index contributed by atoms with van der Waals surface area (Å²) in [7, 11) is 0. The third-order valence-electron chi connectivity index (χ3n) is 4.55. The lowest BCUT2D eigenvalue weighted by atomic mass is 9.95. The molecule has 0 saturated carbocycles. The van der Waals surface area contributed by atoms with Crippen molar-refractivity contribution in [3.8, 4) is 0 Å². The molecular weight excluding hydrogens is 395 g/mol. The van der Waals surface area contributed by atoms with Crippen molar-refractivity contribution in [1.82, 2.24) is 0 Å². The SMILES string of the molecule is CC1(C)O[C@H]2O[C@H](C(C)(C)OC(=O)CCl)[C@H](OCc3ccccc3Cl)[C@H]2O1. The molecule has 6 nitrogen and oxygen atoms in total. The van der Waals surface area contributed by atoms with Crippen molar-refractivity contribution in [2.45, 2.75) is 70.3 Å². The summed E-state index contributed by atoms with van der Waals surface area (Å²) >= 11 is 11.8. The summed E-state index contributed by atoms with van der Waals surface area (Å²) in [5.74, 6) is -1.56. The molecule has 150 valence electrons. The second-order valence-corrected chi connectivity index (χ2v) is 8.28. The Morgan fingerprint density at radius 2 is 1.96 bits per heavy atom. The maximum absolute atomic E-state index is 11.7. The first kappa shape index (κ1) is 20.8. The van der Waals surface area contributed by atoms with Gasteiger partial charge in [-0.05, 0) is 39.3 Å². The molecular formula is C19H24Cl2O6. The lowest BCUT2D eigenvalue weighted by molar-refractivity contribution is -0.244. The van der Waals surface area contributed by atoms with E-state index >= 15 is 0 Å². The van der Waals surface area contributed by atoms with Crippen LogP contribution in [-0.2, 0) is 35.1 Å². The van der Waals surface area contributed by atoms with Gasteiger partial charge in [-0.25, -0.2) is 0 Å². The molecule has 2 heterocycles. The minimum atomic E-state index is -0.988. The second-order valence-electron chi connectivity index (χ2n) is 7.60. The molecule has 2 aliphatic heterocycles. The van der Waals surface area contributed by atoms with Gasteiger partial charge in [0, 0.05) is 5.02 Å². The van der Waals surface area contributed by atoms with Crippen LogP contribution in [0.4, 0.5) is 0 Å². The second kappa shape index (κ2) is 7.85. The lowest BCUT2D eigenvalue weighted by Gasteiger charge is -2.35. The topological polar surface area (TPSA) is 63.2 Å². The quantitative estimate of drug-likeness (QED) is 0.518. The Morgan fingerprint density at radius 3 is 2.63 bits per heavy atom. The van der Waals surface area contributed by atoms with E-state index in [0.29, 0.717) is 5.02 Å². The molecule has 3 rings (SSSR count). The number of carbonyl (C=O) groups is 1. The minimum Gasteiger partial charge on any atom is -0.456 e. The average molecular weight is 419 g/mol. The fourth-order valence-electron chi connectivity index (χ4n) is 3.40. The summed E-state index contributed by atoms with van der Waals surface area (Å²) in [4.78, 5) is 11.7. The number of rotatable bonds is 6. The highest BCUT2D eigenvalue weighted by molar-refractivity contribution is 6.31. The Bertz CT molecular complexity index is 693. The van der Waals surface area contributed by atoms with Crippen LogP contribution in [0.15, 0.2) is 24.3 Å².